The van der Waals surface area contributed by atoms with Crippen molar-refractivity contribution in [2.75, 3.05) is 5.43 Å². The van der Waals surface area contributed by atoms with Crippen LogP contribution in [0.5, 0.6) is 0 Å². The van der Waals surface area contributed by atoms with Gasteiger partial charge in [0.2, 0.25) is 0 Å². The first-order valence-corrected chi connectivity index (χ1v) is 9.80. The molecule has 0 atom stereocenters. The first-order chi connectivity index (χ1) is 14.5. The molecule has 4 aromatic rings. The van der Waals surface area contributed by atoms with E-state index in [-0.39, 0.29) is 5.82 Å². The second-order valence-electron chi connectivity index (χ2n) is 6.43. The molecule has 0 bridgehead atoms. The summed E-state index contributed by atoms with van der Waals surface area (Å²) in [7, 11) is 0. The highest BCUT2D eigenvalue weighted by molar-refractivity contribution is 6.32. The van der Waals surface area contributed by atoms with Crippen molar-refractivity contribution in [2.24, 2.45) is 0 Å². The average molecular weight is 436 g/mol. The van der Waals surface area contributed by atoms with Crippen molar-refractivity contribution < 1.29 is 4.79 Å². The van der Waals surface area contributed by atoms with E-state index in [0.29, 0.717) is 32.1 Å². The fourth-order valence-electron chi connectivity index (χ4n) is 2.98. The lowest BCUT2D eigenvalue weighted by Crippen LogP contribution is -2.34. The molecule has 0 radical (unpaired) electrons. The molecule has 0 spiro atoms. The molecule has 0 saturated heterocycles. The smallest absolute Gasteiger partial charge is 0.268 e. The van der Waals surface area contributed by atoms with Crippen LogP contribution in [-0.4, -0.2) is 15.6 Å². The standard InChI is InChI=1S/C23H15Cl2N3O2/c24-17-8-5-7-16(14-17)22-26-20-11-4-2-9-18(20)23(30)28(22)27-21(29)13-12-15-6-1-3-10-19(15)25/h1-14H,(H,27,29)/b13-12-. The van der Waals surface area contributed by atoms with Gasteiger partial charge in [-0.3, -0.25) is 15.0 Å². The van der Waals surface area contributed by atoms with Crippen molar-refractivity contribution in [3.8, 4) is 11.4 Å². The van der Waals surface area contributed by atoms with Crippen LogP contribution in [0.4, 0.5) is 0 Å². The number of aromatic nitrogens is 2. The van der Waals surface area contributed by atoms with Crippen LogP contribution in [0, 0.1) is 0 Å². The molecule has 1 heterocycles. The minimum atomic E-state index is -0.502. The average Bonchev–Trinajstić information content (AvgIpc) is 2.75. The second-order valence-corrected chi connectivity index (χ2v) is 7.28. The van der Waals surface area contributed by atoms with Crippen molar-refractivity contribution in [2.45, 2.75) is 0 Å². The van der Waals surface area contributed by atoms with Gasteiger partial charge in [-0.05, 0) is 42.0 Å². The van der Waals surface area contributed by atoms with Gasteiger partial charge in [-0.25, -0.2) is 4.98 Å². The molecule has 1 N–H and O–H groups in total. The van der Waals surface area contributed by atoms with Gasteiger partial charge in [0.25, 0.3) is 11.5 Å². The van der Waals surface area contributed by atoms with Gasteiger partial charge < -0.3 is 0 Å². The minimum absolute atomic E-state index is 0.278. The fraction of sp³-hybridized carbons (Fsp3) is 0. The molecule has 0 aliphatic heterocycles. The molecule has 148 valence electrons. The Morgan fingerprint density at radius 1 is 0.967 bits per heavy atom. The first-order valence-electron chi connectivity index (χ1n) is 9.04. The van der Waals surface area contributed by atoms with E-state index in [9.17, 15) is 9.59 Å². The predicted molar refractivity (Wildman–Crippen MR) is 121 cm³/mol. The van der Waals surface area contributed by atoms with E-state index in [2.05, 4.69) is 10.4 Å². The number of rotatable bonds is 4. The van der Waals surface area contributed by atoms with Crippen LogP contribution in [-0.2, 0) is 4.79 Å². The molecule has 0 aliphatic carbocycles. The lowest BCUT2D eigenvalue weighted by atomic mass is 10.2. The maximum absolute atomic E-state index is 13.1. The summed E-state index contributed by atoms with van der Waals surface area (Å²) in [6.45, 7) is 0. The number of nitrogens with zero attached hydrogens (tertiary/aromatic N) is 2. The molecule has 4 rings (SSSR count). The molecule has 0 unspecified atom stereocenters. The molecule has 30 heavy (non-hydrogen) atoms. The topological polar surface area (TPSA) is 64.0 Å². The monoisotopic (exact) mass is 435 g/mol. The Morgan fingerprint density at radius 3 is 2.53 bits per heavy atom. The summed E-state index contributed by atoms with van der Waals surface area (Å²) in [5, 5.41) is 1.40. The number of hydrogen-bond acceptors (Lipinski definition) is 3. The summed E-state index contributed by atoms with van der Waals surface area (Å²) >= 11 is 12.2. The summed E-state index contributed by atoms with van der Waals surface area (Å²) in [4.78, 5) is 30.3. The molecule has 7 heteroatoms. The van der Waals surface area contributed by atoms with E-state index >= 15 is 0 Å². The Balaban J connectivity index is 1.78. The number of amides is 1. The Labute approximate surface area is 182 Å². The van der Waals surface area contributed by atoms with Gasteiger partial charge >= 0.3 is 0 Å². The van der Waals surface area contributed by atoms with Crippen LogP contribution >= 0.6 is 23.2 Å². The van der Waals surface area contributed by atoms with Crippen molar-refractivity contribution in [3.05, 3.63) is 105 Å². The van der Waals surface area contributed by atoms with E-state index in [1.807, 2.05) is 6.07 Å². The first kappa shape index (κ1) is 19.9. The second kappa shape index (κ2) is 8.53. The van der Waals surface area contributed by atoms with Crippen molar-refractivity contribution >= 4 is 46.1 Å². The minimum Gasteiger partial charge on any atom is -0.268 e. The van der Waals surface area contributed by atoms with Crippen LogP contribution in [0.15, 0.2) is 83.7 Å². The number of carbonyl (C=O) groups excluding carboxylic acids is 1. The van der Waals surface area contributed by atoms with E-state index < -0.39 is 11.5 Å². The molecule has 5 nitrogen and oxygen atoms in total. The van der Waals surface area contributed by atoms with Gasteiger partial charge in [-0.15, -0.1) is 0 Å². The molecule has 1 aromatic heterocycles. The summed E-state index contributed by atoms with van der Waals surface area (Å²) in [5.74, 6) is -0.224. The molecular formula is C23H15Cl2N3O2. The number of fused-ring (bicyclic) bond motifs is 1. The van der Waals surface area contributed by atoms with Crippen molar-refractivity contribution in [3.63, 3.8) is 0 Å². The Kier molecular flexibility index (Phi) is 5.65. The quantitative estimate of drug-likeness (QED) is 0.450. The number of nitrogens with one attached hydrogen (secondary N) is 1. The third kappa shape index (κ3) is 4.13. The van der Waals surface area contributed by atoms with E-state index in [4.69, 9.17) is 23.2 Å². The lowest BCUT2D eigenvalue weighted by Gasteiger charge is -2.14. The summed E-state index contributed by atoms with van der Waals surface area (Å²) in [6, 6.07) is 21.0. The SMILES string of the molecule is O=C(/C=C\c1ccccc1Cl)Nn1c(-c2cccc(Cl)c2)nc2ccccc2c1=O. The van der Waals surface area contributed by atoms with Gasteiger partial charge in [0.1, 0.15) is 0 Å². The zero-order valence-electron chi connectivity index (χ0n) is 15.5. The highest BCUT2D eigenvalue weighted by atomic mass is 35.5. The van der Waals surface area contributed by atoms with Crippen LogP contribution in [0.1, 0.15) is 5.56 Å². The molecular weight excluding hydrogens is 421 g/mol. The highest BCUT2D eigenvalue weighted by Gasteiger charge is 2.14. The summed E-state index contributed by atoms with van der Waals surface area (Å²) in [6.07, 6.45) is 2.89. The molecule has 0 fully saturated rings. The van der Waals surface area contributed by atoms with Crippen LogP contribution in [0.25, 0.3) is 28.4 Å². The van der Waals surface area contributed by atoms with E-state index in [1.54, 1.807) is 72.8 Å². The maximum Gasteiger partial charge on any atom is 0.280 e. The Hall–Kier alpha value is -3.41. The number of benzene rings is 3. The molecule has 0 aliphatic rings. The van der Waals surface area contributed by atoms with Crippen LogP contribution < -0.4 is 11.0 Å². The van der Waals surface area contributed by atoms with Gasteiger partial charge in [-0.1, -0.05) is 65.7 Å². The zero-order chi connectivity index (χ0) is 21.1. The molecule has 0 saturated carbocycles. The Bertz CT molecular complexity index is 1350. The summed E-state index contributed by atoms with van der Waals surface area (Å²) in [5.41, 5.74) is 4.02. The number of para-hydroxylation sites is 1. The fourth-order valence-corrected chi connectivity index (χ4v) is 3.37. The van der Waals surface area contributed by atoms with Crippen LogP contribution in [0.2, 0.25) is 10.0 Å². The Morgan fingerprint density at radius 2 is 1.73 bits per heavy atom. The van der Waals surface area contributed by atoms with Crippen LogP contribution in [0.3, 0.4) is 0 Å². The largest absolute Gasteiger partial charge is 0.280 e. The number of halogens is 2. The van der Waals surface area contributed by atoms with E-state index in [0.717, 1.165) is 4.68 Å². The van der Waals surface area contributed by atoms with Gasteiger partial charge in [0.15, 0.2) is 5.82 Å². The highest BCUT2D eigenvalue weighted by Crippen LogP contribution is 2.22. The van der Waals surface area contributed by atoms with Gasteiger partial charge in [0, 0.05) is 21.7 Å². The molecule has 3 aromatic carbocycles. The normalized spacial score (nSPS) is 11.1. The molecule has 1 amide bonds. The van der Waals surface area contributed by atoms with Crippen molar-refractivity contribution in [1.82, 2.24) is 9.66 Å². The summed E-state index contributed by atoms with van der Waals surface area (Å²) < 4.78 is 1.13. The lowest BCUT2D eigenvalue weighted by molar-refractivity contribution is -0.112. The van der Waals surface area contributed by atoms with Crippen molar-refractivity contribution in [1.29, 1.82) is 0 Å². The third-order valence-corrected chi connectivity index (χ3v) is 4.98. The predicted octanol–water partition coefficient (Wildman–Crippen LogP) is 5.15. The van der Waals surface area contributed by atoms with Gasteiger partial charge in [-0.2, -0.15) is 4.68 Å². The maximum atomic E-state index is 13.1. The zero-order valence-corrected chi connectivity index (χ0v) is 17.1. The number of carbonyl (C=O) groups is 1. The van der Waals surface area contributed by atoms with Gasteiger partial charge in [0.05, 0.1) is 10.9 Å². The number of hydrogen-bond donors (Lipinski definition) is 1. The van der Waals surface area contributed by atoms with E-state index in [1.165, 1.54) is 6.08 Å². The third-order valence-electron chi connectivity index (χ3n) is 4.40.